The molecule has 0 saturated heterocycles. The van der Waals surface area contributed by atoms with Crippen LogP contribution in [-0.2, 0) is 17.6 Å². The minimum atomic E-state index is -0.188. The van der Waals surface area contributed by atoms with Crippen LogP contribution in [0.25, 0.3) is 10.9 Å². The van der Waals surface area contributed by atoms with Crippen molar-refractivity contribution in [2.45, 2.75) is 24.7 Å². The number of rotatable bonds is 7. The quantitative estimate of drug-likeness (QED) is 0.335. The number of halogens is 1. The van der Waals surface area contributed by atoms with Gasteiger partial charge in [-0.1, -0.05) is 35.5 Å². The molecule has 174 valence electrons. The Morgan fingerprint density at radius 3 is 2.53 bits per heavy atom. The zero-order valence-electron chi connectivity index (χ0n) is 18.9. The van der Waals surface area contributed by atoms with Crippen molar-refractivity contribution in [1.29, 1.82) is 0 Å². The molecule has 1 aromatic heterocycles. The highest BCUT2D eigenvalue weighted by Crippen LogP contribution is 2.32. The van der Waals surface area contributed by atoms with Gasteiger partial charge in [0.2, 0.25) is 0 Å². The highest BCUT2D eigenvalue weighted by atomic mass is 35.5. The van der Waals surface area contributed by atoms with E-state index in [0.29, 0.717) is 28.5 Å². The summed E-state index contributed by atoms with van der Waals surface area (Å²) >= 11 is 7.15. The third kappa shape index (κ3) is 5.04. The molecule has 0 spiro atoms. The Balaban J connectivity index is 1.71. The number of hydrogen-bond donors (Lipinski definition) is 1. The van der Waals surface area contributed by atoms with Crippen LogP contribution in [0.2, 0.25) is 5.02 Å². The molecule has 7 heteroatoms. The van der Waals surface area contributed by atoms with Gasteiger partial charge < -0.3 is 9.84 Å². The largest absolute Gasteiger partial charge is 0.497 e. The third-order valence-corrected chi connectivity index (χ3v) is 6.80. The van der Waals surface area contributed by atoms with E-state index >= 15 is 0 Å². The monoisotopic (exact) mass is 493 g/mol. The van der Waals surface area contributed by atoms with Gasteiger partial charge in [-0.2, -0.15) is 0 Å². The maximum Gasteiger partial charge on any atom is 0.262 e. The SMILES string of the molecule is COc1ccc2c(c1)c(CC(=O)Sc1cccc(CCO)c1)c(C)n2C(=O)c1ccc(Cl)cc1. The van der Waals surface area contributed by atoms with Crippen LogP contribution in [0, 0.1) is 6.92 Å². The van der Waals surface area contributed by atoms with E-state index < -0.39 is 0 Å². The molecular weight excluding hydrogens is 470 g/mol. The smallest absolute Gasteiger partial charge is 0.262 e. The molecule has 0 aliphatic heterocycles. The number of nitrogens with zero attached hydrogens (tertiary/aromatic N) is 1. The number of thioether (sulfide) groups is 1. The van der Waals surface area contributed by atoms with Crippen LogP contribution < -0.4 is 4.74 Å². The lowest BCUT2D eigenvalue weighted by molar-refractivity contribution is -0.110. The van der Waals surface area contributed by atoms with Gasteiger partial charge in [-0.3, -0.25) is 14.2 Å². The summed E-state index contributed by atoms with van der Waals surface area (Å²) in [6.45, 7) is 1.92. The van der Waals surface area contributed by atoms with Crippen LogP contribution in [-0.4, -0.2) is 34.4 Å². The molecule has 0 saturated carbocycles. The molecule has 0 fully saturated rings. The van der Waals surface area contributed by atoms with Crippen molar-refractivity contribution in [3.8, 4) is 5.75 Å². The Morgan fingerprint density at radius 1 is 1.06 bits per heavy atom. The second-order valence-corrected chi connectivity index (χ2v) is 9.43. The van der Waals surface area contributed by atoms with Gasteiger partial charge >= 0.3 is 0 Å². The normalized spacial score (nSPS) is 11.1. The van der Waals surface area contributed by atoms with E-state index in [1.165, 1.54) is 0 Å². The Kier molecular flexibility index (Phi) is 7.41. The van der Waals surface area contributed by atoms with Crippen LogP contribution in [0.5, 0.6) is 5.75 Å². The third-order valence-electron chi connectivity index (χ3n) is 5.69. The van der Waals surface area contributed by atoms with Crippen molar-refractivity contribution in [3.63, 3.8) is 0 Å². The summed E-state index contributed by atoms with van der Waals surface area (Å²) in [5.74, 6) is 0.467. The number of benzene rings is 3. The topological polar surface area (TPSA) is 68.5 Å². The molecule has 0 atom stereocenters. The summed E-state index contributed by atoms with van der Waals surface area (Å²) < 4.78 is 7.05. The number of hydrogen-bond acceptors (Lipinski definition) is 5. The number of carbonyl (C=O) groups is 2. The minimum absolute atomic E-state index is 0.0370. The van der Waals surface area contributed by atoms with Crippen LogP contribution >= 0.6 is 23.4 Å². The molecule has 0 unspecified atom stereocenters. The number of ether oxygens (including phenoxy) is 1. The summed E-state index contributed by atoms with van der Waals surface area (Å²) in [4.78, 5) is 27.3. The van der Waals surface area contributed by atoms with Crippen LogP contribution in [0.3, 0.4) is 0 Å². The van der Waals surface area contributed by atoms with Crippen LogP contribution in [0.4, 0.5) is 0 Å². The number of aliphatic hydroxyl groups excluding tert-OH is 1. The molecule has 5 nitrogen and oxygen atoms in total. The van der Waals surface area contributed by atoms with E-state index in [0.717, 1.165) is 38.7 Å². The summed E-state index contributed by atoms with van der Waals surface area (Å²) in [6.07, 6.45) is 0.701. The zero-order chi connectivity index (χ0) is 24.2. The predicted octanol–water partition coefficient (Wildman–Crippen LogP) is 5.70. The van der Waals surface area contributed by atoms with Gasteiger partial charge in [-0.25, -0.2) is 0 Å². The summed E-state index contributed by atoms with van der Waals surface area (Å²) in [7, 11) is 1.59. The zero-order valence-corrected chi connectivity index (χ0v) is 20.4. The van der Waals surface area contributed by atoms with Crippen LogP contribution in [0.1, 0.15) is 27.2 Å². The lowest BCUT2D eigenvalue weighted by Gasteiger charge is -2.08. The average Bonchev–Trinajstić information content (AvgIpc) is 3.10. The van der Waals surface area contributed by atoms with E-state index in [1.807, 2.05) is 43.3 Å². The Bertz CT molecular complexity index is 1360. The van der Waals surface area contributed by atoms with Gasteiger partial charge in [0.15, 0.2) is 5.12 Å². The first-order chi connectivity index (χ1) is 16.4. The van der Waals surface area contributed by atoms with E-state index in [9.17, 15) is 14.7 Å². The molecule has 0 aliphatic rings. The van der Waals surface area contributed by atoms with Gasteiger partial charge in [0.05, 0.1) is 12.6 Å². The molecule has 34 heavy (non-hydrogen) atoms. The van der Waals surface area contributed by atoms with E-state index in [2.05, 4.69) is 0 Å². The maximum absolute atomic E-state index is 13.4. The van der Waals surface area contributed by atoms with Crippen molar-refractivity contribution in [1.82, 2.24) is 4.57 Å². The van der Waals surface area contributed by atoms with Crippen molar-refractivity contribution < 1.29 is 19.4 Å². The fourth-order valence-electron chi connectivity index (χ4n) is 4.00. The number of aromatic nitrogens is 1. The van der Waals surface area contributed by atoms with Gasteiger partial charge in [-0.15, -0.1) is 0 Å². The molecule has 0 radical (unpaired) electrons. The predicted molar refractivity (Wildman–Crippen MR) is 136 cm³/mol. The van der Waals surface area contributed by atoms with Gasteiger partial charge in [0.25, 0.3) is 5.91 Å². The molecule has 0 bridgehead atoms. The molecule has 1 N–H and O–H groups in total. The first kappa shape index (κ1) is 24.1. The molecule has 4 aromatic rings. The fourth-order valence-corrected chi connectivity index (χ4v) is 4.96. The first-order valence-corrected chi connectivity index (χ1v) is 12.0. The van der Waals surface area contributed by atoms with E-state index in [-0.39, 0.29) is 24.1 Å². The summed E-state index contributed by atoms with van der Waals surface area (Å²) in [6, 6.07) is 19.9. The molecule has 1 heterocycles. The standard InChI is InChI=1S/C27H24ClNO4S/c1-17-23(16-26(31)34-22-5-3-4-18(14-22)12-13-30)24-15-21(33-2)10-11-25(24)29(17)27(32)19-6-8-20(28)9-7-19/h3-11,14-15,30H,12-13,16H2,1-2H3. The highest BCUT2D eigenvalue weighted by molar-refractivity contribution is 8.13. The Labute approximate surface area is 207 Å². The number of fused-ring (bicyclic) bond motifs is 1. The number of methoxy groups -OCH3 is 1. The van der Waals surface area contributed by atoms with Crippen molar-refractivity contribution in [3.05, 3.63) is 94.1 Å². The lowest BCUT2D eigenvalue weighted by atomic mass is 10.1. The Hall–Kier alpha value is -3.06. The van der Waals surface area contributed by atoms with E-state index in [4.69, 9.17) is 16.3 Å². The van der Waals surface area contributed by atoms with Crippen molar-refractivity contribution in [2.75, 3.05) is 13.7 Å². The van der Waals surface area contributed by atoms with Gasteiger partial charge in [0.1, 0.15) is 5.75 Å². The second-order valence-electron chi connectivity index (χ2n) is 7.87. The summed E-state index contributed by atoms with van der Waals surface area (Å²) in [5.41, 5.74) is 3.71. The molecule has 0 amide bonds. The van der Waals surface area contributed by atoms with Crippen LogP contribution in [0.15, 0.2) is 71.6 Å². The molecule has 4 rings (SSSR count). The molecular formula is C27H24ClNO4S. The number of aliphatic hydroxyl groups is 1. The van der Waals surface area contributed by atoms with Crippen molar-refractivity contribution >= 4 is 45.3 Å². The summed E-state index contributed by atoms with van der Waals surface area (Å²) in [5, 5.41) is 10.5. The van der Waals surface area contributed by atoms with E-state index in [1.54, 1.807) is 42.0 Å². The van der Waals surface area contributed by atoms with Crippen molar-refractivity contribution in [2.24, 2.45) is 0 Å². The fraction of sp³-hybridized carbons (Fsp3) is 0.185. The molecule has 3 aromatic carbocycles. The first-order valence-electron chi connectivity index (χ1n) is 10.8. The highest BCUT2D eigenvalue weighted by Gasteiger charge is 2.22. The van der Waals surface area contributed by atoms with Gasteiger partial charge in [-0.05, 0) is 79.1 Å². The Morgan fingerprint density at radius 2 is 1.82 bits per heavy atom. The minimum Gasteiger partial charge on any atom is -0.497 e. The maximum atomic E-state index is 13.4. The van der Waals surface area contributed by atoms with Gasteiger partial charge in [0, 0.05) is 39.6 Å². The second kappa shape index (κ2) is 10.5. The number of carbonyl (C=O) groups excluding carboxylic acids is 2. The lowest BCUT2D eigenvalue weighted by Crippen LogP contribution is -2.14. The molecule has 0 aliphatic carbocycles. The average molecular weight is 494 g/mol.